The molecule has 24 heavy (non-hydrogen) atoms. The molecule has 0 saturated carbocycles. The van der Waals surface area contributed by atoms with Crippen LogP contribution in [0.2, 0.25) is 0 Å². The summed E-state index contributed by atoms with van der Waals surface area (Å²) in [5, 5.41) is 3.52. The smallest absolute Gasteiger partial charge is 0.198 e. The molecule has 0 spiro atoms. The molecule has 1 atom stereocenters. The average molecular weight is 330 g/mol. The standard InChI is InChI=1S/C19H30N4O/c1-15(2)13-22-10-11-24-17(14-22)12-21-19(20-3)23-9-8-16-6-4-5-7-18(16)23/h4-7,15,17H,8-14H2,1-3H3,(H,20,21). The molecule has 0 aromatic heterocycles. The van der Waals surface area contributed by atoms with E-state index in [4.69, 9.17) is 4.74 Å². The third-order valence-electron chi connectivity index (χ3n) is 4.69. The van der Waals surface area contributed by atoms with Crippen LogP contribution in [0.25, 0.3) is 0 Å². The Balaban J connectivity index is 1.55. The van der Waals surface area contributed by atoms with Gasteiger partial charge in [-0.2, -0.15) is 0 Å². The van der Waals surface area contributed by atoms with Gasteiger partial charge in [0.25, 0.3) is 0 Å². The topological polar surface area (TPSA) is 40.1 Å². The molecule has 2 aliphatic rings. The summed E-state index contributed by atoms with van der Waals surface area (Å²) in [6, 6.07) is 8.59. The fraction of sp³-hybridized carbons (Fsp3) is 0.632. The number of ether oxygens (including phenoxy) is 1. The van der Waals surface area contributed by atoms with Gasteiger partial charge in [0.2, 0.25) is 0 Å². The van der Waals surface area contributed by atoms with Gasteiger partial charge in [-0.05, 0) is 24.0 Å². The van der Waals surface area contributed by atoms with Crippen molar-refractivity contribution in [3.8, 4) is 0 Å². The molecule has 3 rings (SSSR count). The summed E-state index contributed by atoms with van der Waals surface area (Å²) in [6.07, 6.45) is 1.31. The predicted molar refractivity (Wildman–Crippen MR) is 99.9 cm³/mol. The number of anilines is 1. The molecular formula is C19H30N4O. The molecule has 1 unspecified atom stereocenters. The number of nitrogens with one attached hydrogen (secondary N) is 1. The highest BCUT2D eigenvalue weighted by Crippen LogP contribution is 2.27. The molecule has 0 bridgehead atoms. The number of aliphatic imine (C=N–C) groups is 1. The van der Waals surface area contributed by atoms with Gasteiger partial charge >= 0.3 is 0 Å². The van der Waals surface area contributed by atoms with Gasteiger partial charge in [-0.25, -0.2) is 0 Å². The van der Waals surface area contributed by atoms with Crippen LogP contribution in [0, 0.1) is 5.92 Å². The molecule has 1 aromatic carbocycles. The summed E-state index contributed by atoms with van der Waals surface area (Å²) in [6.45, 7) is 10.4. The monoisotopic (exact) mass is 330 g/mol. The van der Waals surface area contributed by atoms with Gasteiger partial charge in [0, 0.05) is 45.5 Å². The summed E-state index contributed by atoms with van der Waals surface area (Å²) in [5.41, 5.74) is 2.68. The molecule has 5 heteroatoms. The molecule has 0 aliphatic carbocycles. The largest absolute Gasteiger partial charge is 0.374 e. The van der Waals surface area contributed by atoms with Crippen LogP contribution in [-0.2, 0) is 11.2 Å². The Labute approximate surface area is 145 Å². The first kappa shape index (κ1) is 17.2. The molecule has 1 aromatic rings. The molecule has 1 saturated heterocycles. The summed E-state index contributed by atoms with van der Waals surface area (Å²) in [7, 11) is 1.86. The van der Waals surface area contributed by atoms with Crippen LogP contribution in [0.3, 0.4) is 0 Å². The Morgan fingerprint density at radius 2 is 2.17 bits per heavy atom. The summed E-state index contributed by atoms with van der Waals surface area (Å²) in [4.78, 5) is 9.27. The lowest BCUT2D eigenvalue weighted by Crippen LogP contribution is -2.50. The molecule has 2 aliphatic heterocycles. The van der Waals surface area contributed by atoms with E-state index in [-0.39, 0.29) is 6.10 Å². The first-order chi connectivity index (χ1) is 11.7. The van der Waals surface area contributed by atoms with Gasteiger partial charge in [-0.1, -0.05) is 32.0 Å². The lowest BCUT2D eigenvalue weighted by Gasteiger charge is -2.34. The quantitative estimate of drug-likeness (QED) is 0.677. The average Bonchev–Trinajstić information content (AvgIpc) is 2.99. The van der Waals surface area contributed by atoms with Crippen molar-refractivity contribution in [2.75, 3.05) is 51.3 Å². The maximum atomic E-state index is 5.94. The maximum Gasteiger partial charge on any atom is 0.198 e. The molecule has 2 heterocycles. The number of nitrogens with zero attached hydrogens (tertiary/aromatic N) is 3. The van der Waals surface area contributed by atoms with E-state index in [1.165, 1.54) is 11.3 Å². The van der Waals surface area contributed by atoms with Gasteiger partial charge in [0.05, 0.1) is 12.7 Å². The summed E-state index contributed by atoms with van der Waals surface area (Å²) >= 11 is 0. The number of guanidine groups is 1. The van der Waals surface area contributed by atoms with Crippen molar-refractivity contribution in [3.63, 3.8) is 0 Å². The van der Waals surface area contributed by atoms with Crippen molar-refractivity contribution in [1.29, 1.82) is 0 Å². The fourth-order valence-electron chi connectivity index (χ4n) is 3.64. The van der Waals surface area contributed by atoms with Crippen molar-refractivity contribution >= 4 is 11.6 Å². The molecular weight excluding hydrogens is 300 g/mol. The van der Waals surface area contributed by atoms with E-state index < -0.39 is 0 Å². The molecule has 132 valence electrons. The Morgan fingerprint density at radius 1 is 1.33 bits per heavy atom. The number of benzene rings is 1. The van der Waals surface area contributed by atoms with E-state index in [0.29, 0.717) is 5.92 Å². The van der Waals surface area contributed by atoms with Crippen molar-refractivity contribution in [2.45, 2.75) is 26.4 Å². The van der Waals surface area contributed by atoms with Crippen LogP contribution >= 0.6 is 0 Å². The normalized spacial score (nSPS) is 22.1. The Kier molecular flexibility index (Phi) is 5.74. The van der Waals surface area contributed by atoms with E-state index in [9.17, 15) is 0 Å². The minimum atomic E-state index is 0.229. The zero-order valence-corrected chi connectivity index (χ0v) is 15.2. The highest BCUT2D eigenvalue weighted by Gasteiger charge is 2.25. The molecule has 1 N–H and O–H groups in total. The lowest BCUT2D eigenvalue weighted by molar-refractivity contribution is -0.0284. The van der Waals surface area contributed by atoms with Crippen LogP contribution in [-0.4, -0.2) is 63.3 Å². The number of hydrogen-bond donors (Lipinski definition) is 1. The Bertz CT molecular complexity index is 572. The first-order valence-electron chi connectivity index (χ1n) is 9.07. The zero-order valence-electron chi connectivity index (χ0n) is 15.2. The van der Waals surface area contributed by atoms with Gasteiger partial charge in [0.15, 0.2) is 5.96 Å². The predicted octanol–water partition coefficient (Wildman–Crippen LogP) is 1.98. The zero-order chi connectivity index (χ0) is 16.9. The molecule has 0 radical (unpaired) electrons. The third-order valence-corrected chi connectivity index (χ3v) is 4.69. The van der Waals surface area contributed by atoms with Crippen LogP contribution in [0.1, 0.15) is 19.4 Å². The van der Waals surface area contributed by atoms with Crippen molar-refractivity contribution in [3.05, 3.63) is 29.8 Å². The van der Waals surface area contributed by atoms with Crippen LogP contribution in [0.4, 0.5) is 5.69 Å². The second-order valence-electron chi connectivity index (χ2n) is 7.10. The van der Waals surface area contributed by atoms with Crippen LogP contribution < -0.4 is 10.2 Å². The minimum Gasteiger partial charge on any atom is -0.374 e. The summed E-state index contributed by atoms with van der Waals surface area (Å²) in [5.74, 6) is 1.65. The van der Waals surface area contributed by atoms with Gasteiger partial charge in [0.1, 0.15) is 0 Å². The second-order valence-corrected chi connectivity index (χ2v) is 7.10. The number of morpholine rings is 1. The van der Waals surface area contributed by atoms with Gasteiger partial charge in [-0.3, -0.25) is 9.89 Å². The lowest BCUT2D eigenvalue weighted by atomic mass is 10.2. The van der Waals surface area contributed by atoms with E-state index in [2.05, 4.69) is 58.2 Å². The second kappa shape index (κ2) is 7.99. The van der Waals surface area contributed by atoms with Crippen LogP contribution in [0.15, 0.2) is 29.3 Å². The van der Waals surface area contributed by atoms with Gasteiger partial charge in [-0.15, -0.1) is 0 Å². The maximum absolute atomic E-state index is 5.94. The molecule has 0 amide bonds. The molecule has 5 nitrogen and oxygen atoms in total. The van der Waals surface area contributed by atoms with Crippen molar-refractivity contribution in [1.82, 2.24) is 10.2 Å². The third kappa shape index (κ3) is 4.08. The fourth-order valence-corrected chi connectivity index (χ4v) is 3.64. The van der Waals surface area contributed by atoms with E-state index in [1.807, 2.05) is 7.05 Å². The van der Waals surface area contributed by atoms with Crippen molar-refractivity contribution in [2.24, 2.45) is 10.9 Å². The van der Waals surface area contributed by atoms with E-state index in [0.717, 1.165) is 51.7 Å². The van der Waals surface area contributed by atoms with Gasteiger partial charge < -0.3 is 15.0 Å². The Morgan fingerprint density at radius 3 is 2.96 bits per heavy atom. The highest BCUT2D eigenvalue weighted by molar-refractivity contribution is 5.97. The van der Waals surface area contributed by atoms with Crippen LogP contribution in [0.5, 0.6) is 0 Å². The first-order valence-corrected chi connectivity index (χ1v) is 9.07. The number of hydrogen-bond acceptors (Lipinski definition) is 3. The highest BCUT2D eigenvalue weighted by atomic mass is 16.5. The molecule has 1 fully saturated rings. The number of rotatable bonds is 4. The van der Waals surface area contributed by atoms with E-state index in [1.54, 1.807) is 0 Å². The number of fused-ring (bicyclic) bond motifs is 1. The number of para-hydroxylation sites is 1. The minimum absolute atomic E-state index is 0.229. The summed E-state index contributed by atoms with van der Waals surface area (Å²) < 4.78 is 5.94. The van der Waals surface area contributed by atoms with Crippen molar-refractivity contribution < 1.29 is 4.74 Å². The SMILES string of the molecule is CN=C(NCC1CN(CC(C)C)CCO1)N1CCc2ccccc21. The Hall–Kier alpha value is -1.59. The van der Waals surface area contributed by atoms with E-state index >= 15 is 0 Å².